The maximum atomic E-state index is 12.7. The van der Waals surface area contributed by atoms with Gasteiger partial charge in [0.05, 0.1) is 13.2 Å². The second-order valence-electron chi connectivity index (χ2n) is 7.70. The minimum atomic E-state index is 0.0206. The molecule has 1 aromatic heterocycles. The summed E-state index contributed by atoms with van der Waals surface area (Å²) in [6.07, 6.45) is 10.1. The van der Waals surface area contributed by atoms with Crippen LogP contribution in [0.2, 0.25) is 0 Å². The van der Waals surface area contributed by atoms with E-state index in [1.54, 1.807) is 0 Å². The van der Waals surface area contributed by atoms with Crippen molar-refractivity contribution in [2.45, 2.75) is 37.6 Å². The number of morpholine rings is 1. The topological polar surface area (TPSA) is 46.5 Å². The quantitative estimate of drug-likeness (QED) is 0.882. The molecule has 1 aliphatic carbocycles. The lowest BCUT2D eigenvalue weighted by Gasteiger charge is -2.48. The van der Waals surface area contributed by atoms with E-state index in [-0.39, 0.29) is 11.4 Å². The first-order valence-electron chi connectivity index (χ1n) is 10.1. The van der Waals surface area contributed by atoms with Crippen molar-refractivity contribution in [3.63, 3.8) is 0 Å². The lowest BCUT2D eigenvalue weighted by molar-refractivity contribution is -0.0361. The van der Waals surface area contributed by atoms with E-state index in [0.29, 0.717) is 0 Å². The molecule has 2 aliphatic rings. The van der Waals surface area contributed by atoms with Gasteiger partial charge < -0.3 is 14.6 Å². The summed E-state index contributed by atoms with van der Waals surface area (Å²) < 4.78 is 7.58. The molecule has 1 amide bonds. The van der Waals surface area contributed by atoms with Crippen LogP contribution in [0.25, 0.3) is 5.69 Å². The van der Waals surface area contributed by atoms with Crippen molar-refractivity contribution in [3.05, 3.63) is 54.4 Å². The monoisotopic (exact) mass is 367 g/mol. The molecule has 4 rings (SSSR count). The van der Waals surface area contributed by atoms with Crippen molar-refractivity contribution in [2.24, 2.45) is 0 Å². The van der Waals surface area contributed by atoms with E-state index in [1.807, 2.05) is 53.4 Å². The summed E-state index contributed by atoms with van der Waals surface area (Å²) >= 11 is 0. The lowest BCUT2D eigenvalue weighted by atomic mass is 9.79. The van der Waals surface area contributed by atoms with Gasteiger partial charge in [0.2, 0.25) is 0 Å². The second kappa shape index (κ2) is 8.28. The van der Waals surface area contributed by atoms with Crippen LogP contribution >= 0.6 is 0 Å². The van der Waals surface area contributed by atoms with E-state index in [2.05, 4.69) is 10.2 Å². The van der Waals surface area contributed by atoms with E-state index in [0.717, 1.165) is 44.1 Å². The first-order chi connectivity index (χ1) is 13.3. The highest BCUT2D eigenvalue weighted by molar-refractivity contribution is 5.94. The summed E-state index contributed by atoms with van der Waals surface area (Å²) in [7, 11) is 0. The molecule has 2 heterocycles. The van der Waals surface area contributed by atoms with Crippen LogP contribution in [0.1, 0.15) is 42.5 Å². The van der Waals surface area contributed by atoms with Crippen molar-refractivity contribution in [2.75, 3.05) is 32.8 Å². The summed E-state index contributed by atoms with van der Waals surface area (Å²) in [5.41, 5.74) is 1.88. The molecule has 0 atom stereocenters. The molecule has 5 heteroatoms. The van der Waals surface area contributed by atoms with Crippen molar-refractivity contribution in [1.82, 2.24) is 14.8 Å². The molecular weight excluding hydrogens is 338 g/mol. The van der Waals surface area contributed by atoms with Gasteiger partial charge in [0.15, 0.2) is 0 Å². The van der Waals surface area contributed by atoms with Gasteiger partial charge >= 0.3 is 0 Å². The maximum Gasteiger partial charge on any atom is 0.251 e. The van der Waals surface area contributed by atoms with Crippen LogP contribution in [0.5, 0.6) is 0 Å². The van der Waals surface area contributed by atoms with Gasteiger partial charge in [0.25, 0.3) is 5.91 Å². The predicted molar refractivity (Wildman–Crippen MR) is 106 cm³/mol. The molecule has 2 aromatic rings. The van der Waals surface area contributed by atoms with Gasteiger partial charge in [-0.05, 0) is 49.2 Å². The highest BCUT2D eigenvalue weighted by atomic mass is 16.5. The molecule has 0 spiro atoms. The Morgan fingerprint density at radius 3 is 2.33 bits per heavy atom. The van der Waals surface area contributed by atoms with Gasteiger partial charge in [-0.1, -0.05) is 19.3 Å². The molecule has 1 saturated carbocycles. The Hall–Kier alpha value is -2.11. The summed E-state index contributed by atoms with van der Waals surface area (Å²) in [6, 6.07) is 11.8. The molecule has 1 aromatic carbocycles. The molecule has 0 radical (unpaired) electrons. The molecule has 0 unspecified atom stereocenters. The van der Waals surface area contributed by atoms with Crippen molar-refractivity contribution in [3.8, 4) is 5.69 Å². The van der Waals surface area contributed by atoms with Gasteiger partial charge in [0.1, 0.15) is 0 Å². The number of carbonyl (C=O) groups is 1. The molecule has 1 saturated heterocycles. The lowest BCUT2D eigenvalue weighted by Crippen LogP contribution is -2.59. The van der Waals surface area contributed by atoms with Crippen molar-refractivity contribution >= 4 is 5.91 Å². The van der Waals surface area contributed by atoms with E-state index >= 15 is 0 Å². The van der Waals surface area contributed by atoms with Crippen LogP contribution in [0.3, 0.4) is 0 Å². The third kappa shape index (κ3) is 4.09. The fourth-order valence-electron chi connectivity index (χ4n) is 4.49. The average Bonchev–Trinajstić information content (AvgIpc) is 3.28. The third-order valence-corrected chi connectivity index (χ3v) is 6.08. The molecule has 5 nitrogen and oxygen atoms in total. The zero-order valence-electron chi connectivity index (χ0n) is 15.9. The Labute approximate surface area is 161 Å². The number of amides is 1. The molecular formula is C22H29N3O2. The minimum Gasteiger partial charge on any atom is -0.379 e. The minimum absolute atomic E-state index is 0.0206. The van der Waals surface area contributed by atoms with E-state index in [1.165, 1.54) is 32.1 Å². The summed E-state index contributed by atoms with van der Waals surface area (Å²) in [5.74, 6) is 0.0206. The number of hydrogen-bond acceptors (Lipinski definition) is 3. The van der Waals surface area contributed by atoms with E-state index < -0.39 is 0 Å². The molecule has 2 fully saturated rings. The molecule has 0 bridgehead atoms. The highest BCUT2D eigenvalue weighted by Gasteiger charge is 2.38. The number of nitrogens with zero attached hydrogens (tertiary/aromatic N) is 2. The molecule has 1 N–H and O–H groups in total. The van der Waals surface area contributed by atoms with Crippen LogP contribution in [0.4, 0.5) is 0 Å². The van der Waals surface area contributed by atoms with E-state index in [4.69, 9.17) is 4.74 Å². The number of rotatable bonds is 5. The van der Waals surface area contributed by atoms with Crippen LogP contribution in [-0.2, 0) is 4.74 Å². The van der Waals surface area contributed by atoms with Crippen molar-refractivity contribution in [1.29, 1.82) is 0 Å². The average molecular weight is 367 g/mol. The predicted octanol–water partition coefficient (Wildman–Crippen LogP) is 3.24. The second-order valence-corrected chi connectivity index (χ2v) is 7.70. The maximum absolute atomic E-state index is 12.7. The largest absolute Gasteiger partial charge is 0.379 e. The Kier molecular flexibility index (Phi) is 5.60. The first-order valence-corrected chi connectivity index (χ1v) is 10.1. The summed E-state index contributed by atoms with van der Waals surface area (Å²) in [6.45, 7) is 4.28. The highest BCUT2D eigenvalue weighted by Crippen LogP contribution is 2.34. The van der Waals surface area contributed by atoms with Gasteiger partial charge in [-0.25, -0.2) is 0 Å². The zero-order valence-corrected chi connectivity index (χ0v) is 15.9. The fraction of sp³-hybridized carbons (Fsp3) is 0.500. The van der Waals surface area contributed by atoms with Crippen LogP contribution in [0.15, 0.2) is 48.8 Å². The van der Waals surface area contributed by atoms with Crippen LogP contribution in [-0.4, -0.2) is 53.8 Å². The Balaban J connectivity index is 1.41. The molecule has 1 aliphatic heterocycles. The normalized spacial score (nSPS) is 20.3. The Morgan fingerprint density at radius 2 is 1.67 bits per heavy atom. The Bertz CT molecular complexity index is 727. The number of nitrogens with one attached hydrogen (secondary N) is 1. The SMILES string of the molecule is O=C(NCC1(N2CCOCC2)CCCCC1)c1ccc(-n2cccc2)cc1. The van der Waals surface area contributed by atoms with Crippen LogP contribution in [0, 0.1) is 0 Å². The fourth-order valence-corrected chi connectivity index (χ4v) is 4.49. The number of ether oxygens (including phenoxy) is 1. The first kappa shape index (κ1) is 18.3. The number of carbonyl (C=O) groups excluding carboxylic acids is 1. The molecule has 144 valence electrons. The molecule has 27 heavy (non-hydrogen) atoms. The number of aromatic nitrogens is 1. The zero-order chi connectivity index (χ0) is 18.5. The van der Waals surface area contributed by atoms with Gasteiger partial charge in [0, 0.05) is 48.8 Å². The summed E-state index contributed by atoms with van der Waals surface area (Å²) in [5, 5.41) is 3.23. The Morgan fingerprint density at radius 1 is 1.00 bits per heavy atom. The number of benzene rings is 1. The van der Waals surface area contributed by atoms with Crippen LogP contribution < -0.4 is 5.32 Å². The van der Waals surface area contributed by atoms with Crippen molar-refractivity contribution < 1.29 is 9.53 Å². The summed E-state index contributed by atoms with van der Waals surface area (Å²) in [4.78, 5) is 15.3. The number of hydrogen-bond donors (Lipinski definition) is 1. The van der Waals surface area contributed by atoms with Gasteiger partial charge in [-0.3, -0.25) is 9.69 Å². The van der Waals surface area contributed by atoms with Gasteiger partial charge in [-0.2, -0.15) is 0 Å². The van der Waals surface area contributed by atoms with E-state index in [9.17, 15) is 4.79 Å². The third-order valence-electron chi connectivity index (χ3n) is 6.08. The standard InChI is InChI=1S/C22H29N3O2/c26-21(19-6-8-20(9-7-19)24-12-4-5-13-24)23-18-22(10-2-1-3-11-22)25-14-16-27-17-15-25/h4-9,12-13H,1-3,10-11,14-18H2,(H,23,26). The smallest absolute Gasteiger partial charge is 0.251 e. The van der Waals surface area contributed by atoms with Gasteiger partial charge in [-0.15, -0.1) is 0 Å².